The molecule has 2 heterocycles. The van der Waals surface area contributed by atoms with E-state index in [1.807, 2.05) is 20.8 Å². The summed E-state index contributed by atoms with van der Waals surface area (Å²) in [4.78, 5) is 24.7. The van der Waals surface area contributed by atoms with Crippen LogP contribution in [-0.4, -0.2) is 52.7 Å². The Labute approximate surface area is 140 Å². The maximum atomic E-state index is 12.2. The van der Waals surface area contributed by atoms with Gasteiger partial charge >= 0.3 is 6.09 Å². The molecule has 0 spiro atoms. The summed E-state index contributed by atoms with van der Waals surface area (Å²) in [6.45, 7) is 7.25. The van der Waals surface area contributed by atoms with E-state index in [2.05, 4.69) is 30.8 Å². The molecular weight excluding hydrogens is 348 g/mol. The summed E-state index contributed by atoms with van der Waals surface area (Å²) in [6.07, 6.45) is 5.16. The van der Waals surface area contributed by atoms with Gasteiger partial charge in [-0.25, -0.2) is 14.8 Å². The van der Waals surface area contributed by atoms with E-state index >= 15 is 0 Å². The first-order valence-electron chi connectivity index (χ1n) is 7.44. The third kappa shape index (κ3) is 4.56. The molecule has 0 aliphatic carbocycles. The largest absolute Gasteiger partial charge is 0.444 e. The quantitative estimate of drug-likeness (QED) is 0.800. The fourth-order valence-corrected chi connectivity index (χ4v) is 2.61. The monoisotopic (exact) mass is 370 g/mol. The standard InChI is InChI=1S/C15H23BrN4O2/c1-15(2,3)22-14(21)19(4)12-6-5-7-20(10-12)13-17-8-11(16)9-18-13/h8-9,12H,5-7,10H2,1-4H3. The summed E-state index contributed by atoms with van der Waals surface area (Å²) in [5.41, 5.74) is -0.478. The first kappa shape index (κ1) is 17.0. The minimum Gasteiger partial charge on any atom is -0.444 e. The Kier molecular flexibility index (Phi) is 5.26. The van der Waals surface area contributed by atoms with Crippen LogP contribution in [0.15, 0.2) is 16.9 Å². The van der Waals surface area contributed by atoms with E-state index in [1.54, 1.807) is 24.3 Å². The van der Waals surface area contributed by atoms with Crippen LogP contribution in [0.5, 0.6) is 0 Å². The second kappa shape index (κ2) is 6.81. The molecule has 1 aromatic heterocycles. The van der Waals surface area contributed by atoms with Crippen LogP contribution in [-0.2, 0) is 4.74 Å². The number of ether oxygens (including phenoxy) is 1. The number of amides is 1. The van der Waals surface area contributed by atoms with Gasteiger partial charge in [-0.15, -0.1) is 0 Å². The molecule has 122 valence electrons. The highest BCUT2D eigenvalue weighted by molar-refractivity contribution is 9.10. The molecule has 1 amide bonds. The average molecular weight is 371 g/mol. The van der Waals surface area contributed by atoms with Crippen molar-refractivity contribution in [3.8, 4) is 0 Å². The molecule has 1 aromatic rings. The Morgan fingerprint density at radius 3 is 2.64 bits per heavy atom. The van der Waals surface area contributed by atoms with E-state index in [9.17, 15) is 4.79 Å². The van der Waals surface area contributed by atoms with Crippen molar-refractivity contribution in [2.24, 2.45) is 0 Å². The van der Waals surface area contributed by atoms with Gasteiger partial charge in [0.2, 0.25) is 5.95 Å². The zero-order valence-corrected chi connectivity index (χ0v) is 15.1. The average Bonchev–Trinajstić information content (AvgIpc) is 2.45. The normalized spacial score (nSPS) is 19.0. The molecule has 1 fully saturated rings. The number of anilines is 1. The molecule has 0 saturated carbocycles. The Morgan fingerprint density at radius 1 is 1.41 bits per heavy atom. The molecule has 7 heteroatoms. The second-order valence-electron chi connectivity index (χ2n) is 6.53. The summed E-state index contributed by atoms with van der Waals surface area (Å²) < 4.78 is 6.30. The third-order valence-electron chi connectivity index (χ3n) is 3.52. The molecule has 6 nitrogen and oxygen atoms in total. The fraction of sp³-hybridized carbons (Fsp3) is 0.667. The third-order valence-corrected chi connectivity index (χ3v) is 3.92. The molecule has 0 radical (unpaired) electrons. The lowest BCUT2D eigenvalue weighted by Crippen LogP contribution is -2.50. The van der Waals surface area contributed by atoms with Crippen molar-refractivity contribution in [1.82, 2.24) is 14.9 Å². The molecule has 1 saturated heterocycles. The maximum Gasteiger partial charge on any atom is 0.410 e. The fourth-order valence-electron chi connectivity index (χ4n) is 2.40. The van der Waals surface area contributed by atoms with Gasteiger partial charge in [0.15, 0.2) is 0 Å². The van der Waals surface area contributed by atoms with Crippen LogP contribution in [0.3, 0.4) is 0 Å². The minimum atomic E-state index is -0.478. The maximum absolute atomic E-state index is 12.2. The van der Waals surface area contributed by atoms with Gasteiger partial charge in [-0.3, -0.25) is 0 Å². The summed E-state index contributed by atoms with van der Waals surface area (Å²) in [6, 6.07) is 0.107. The summed E-state index contributed by atoms with van der Waals surface area (Å²) in [7, 11) is 1.80. The Morgan fingerprint density at radius 2 is 2.05 bits per heavy atom. The molecule has 1 aliphatic heterocycles. The van der Waals surface area contributed by atoms with Gasteiger partial charge in [0.1, 0.15) is 5.60 Å². The van der Waals surface area contributed by atoms with Crippen LogP contribution in [0, 0.1) is 0 Å². The van der Waals surface area contributed by atoms with Crippen molar-refractivity contribution in [2.45, 2.75) is 45.3 Å². The van der Waals surface area contributed by atoms with Crippen molar-refractivity contribution >= 4 is 28.0 Å². The van der Waals surface area contributed by atoms with Crippen LogP contribution in [0.2, 0.25) is 0 Å². The highest BCUT2D eigenvalue weighted by Gasteiger charge is 2.29. The lowest BCUT2D eigenvalue weighted by atomic mass is 10.1. The van der Waals surface area contributed by atoms with Crippen molar-refractivity contribution < 1.29 is 9.53 Å². The van der Waals surface area contributed by atoms with Crippen LogP contribution in [0.4, 0.5) is 10.7 Å². The first-order valence-corrected chi connectivity index (χ1v) is 8.24. The van der Waals surface area contributed by atoms with Gasteiger partial charge in [0, 0.05) is 32.5 Å². The Bertz CT molecular complexity index is 515. The smallest absolute Gasteiger partial charge is 0.410 e. The second-order valence-corrected chi connectivity index (χ2v) is 7.45. The number of aromatic nitrogens is 2. The predicted octanol–water partition coefficient (Wildman–Crippen LogP) is 3.07. The van der Waals surface area contributed by atoms with Crippen molar-refractivity contribution in [2.75, 3.05) is 25.0 Å². The number of carbonyl (C=O) groups is 1. The number of piperidine rings is 1. The van der Waals surface area contributed by atoms with Gasteiger partial charge in [-0.2, -0.15) is 0 Å². The molecule has 1 unspecified atom stereocenters. The number of halogens is 1. The highest BCUT2D eigenvalue weighted by atomic mass is 79.9. The molecule has 0 aromatic carbocycles. The number of carbonyl (C=O) groups excluding carboxylic acids is 1. The molecular formula is C15H23BrN4O2. The SMILES string of the molecule is CN(C(=O)OC(C)(C)C)C1CCCN(c2ncc(Br)cn2)C1. The van der Waals surface area contributed by atoms with Crippen molar-refractivity contribution in [1.29, 1.82) is 0 Å². The Balaban J connectivity index is 2.00. The van der Waals surface area contributed by atoms with Crippen LogP contribution < -0.4 is 4.90 Å². The minimum absolute atomic E-state index is 0.107. The van der Waals surface area contributed by atoms with E-state index < -0.39 is 5.60 Å². The molecule has 2 rings (SSSR count). The van der Waals surface area contributed by atoms with Crippen LogP contribution in [0.1, 0.15) is 33.6 Å². The topological polar surface area (TPSA) is 58.6 Å². The number of rotatable bonds is 2. The molecule has 1 aliphatic rings. The Hall–Kier alpha value is -1.37. The lowest BCUT2D eigenvalue weighted by Gasteiger charge is -2.38. The number of nitrogens with zero attached hydrogens (tertiary/aromatic N) is 4. The van der Waals surface area contributed by atoms with E-state index in [-0.39, 0.29) is 12.1 Å². The zero-order valence-electron chi connectivity index (χ0n) is 13.5. The van der Waals surface area contributed by atoms with Gasteiger partial charge in [0.25, 0.3) is 0 Å². The molecule has 0 N–H and O–H groups in total. The highest BCUT2D eigenvalue weighted by Crippen LogP contribution is 2.21. The summed E-state index contributed by atoms with van der Waals surface area (Å²) in [5.74, 6) is 0.700. The molecule has 1 atom stereocenters. The summed E-state index contributed by atoms with van der Waals surface area (Å²) in [5, 5.41) is 0. The predicted molar refractivity (Wildman–Crippen MR) is 89.0 cm³/mol. The van der Waals surface area contributed by atoms with E-state index in [1.165, 1.54) is 0 Å². The molecule has 0 bridgehead atoms. The lowest BCUT2D eigenvalue weighted by molar-refractivity contribution is 0.0209. The number of hydrogen-bond donors (Lipinski definition) is 0. The number of hydrogen-bond acceptors (Lipinski definition) is 5. The van der Waals surface area contributed by atoms with E-state index in [0.29, 0.717) is 5.95 Å². The van der Waals surface area contributed by atoms with Crippen molar-refractivity contribution in [3.63, 3.8) is 0 Å². The van der Waals surface area contributed by atoms with Crippen molar-refractivity contribution in [3.05, 3.63) is 16.9 Å². The van der Waals surface area contributed by atoms with Crippen LogP contribution in [0.25, 0.3) is 0 Å². The summed E-state index contributed by atoms with van der Waals surface area (Å²) >= 11 is 3.34. The number of likely N-dealkylation sites (N-methyl/N-ethyl adjacent to an activating group) is 1. The van der Waals surface area contributed by atoms with E-state index in [0.717, 1.165) is 30.4 Å². The van der Waals surface area contributed by atoms with Gasteiger partial charge < -0.3 is 14.5 Å². The van der Waals surface area contributed by atoms with Gasteiger partial charge in [-0.05, 0) is 49.5 Å². The van der Waals surface area contributed by atoms with E-state index in [4.69, 9.17) is 4.74 Å². The molecule has 22 heavy (non-hydrogen) atoms. The van der Waals surface area contributed by atoms with Gasteiger partial charge in [-0.1, -0.05) is 0 Å². The van der Waals surface area contributed by atoms with Crippen LogP contribution >= 0.6 is 15.9 Å². The first-order chi connectivity index (χ1) is 10.3. The van der Waals surface area contributed by atoms with Gasteiger partial charge in [0.05, 0.1) is 10.5 Å². The zero-order chi connectivity index (χ0) is 16.3.